The Morgan fingerprint density at radius 3 is 2.90 bits per heavy atom. The first-order valence-electron chi connectivity index (χ1n) is 6.95. The Morgan fingerprint density at radius 2 is 2.20 bits per heavy atom. The van der Waals surface area contributed by atoms with Crippen LogP contribution in [0.15, 0.2) is 18.2 Å². The highest BCUT2D eigenvalue weighted by Crippen LogP contribution is 2.28. The molecule has 4 nitrogen and oxygen atoms in total. The molecule has 0 aliphatic heterocycles. The van der Waals surface area contributed by atoms with Crippen LogP contribution in [-0.4, -0.2) is 32.2 Å². The number of anilines is 1. The third-order valence-electron chi connectivity index (χ3n) is 3.77. The molecule has 2 rings (SSSR count). The number of carbonyl (C=O) groups is 1. The molecule has 0 saturated heterocycles. The van der Waals surface area contributed by atoms with Crippen LogP contribution in [-0.2, 0) is 4.74 Å². The van der Waals surface area contributed by atoms with Gasteiger partial charge in [0.05, 0.1) is 16.8 Å². The fourth-order valence-corrected chi connectivity index (χ4v) is 2.80. The molecule has 0 radical (unpaired) electrons. The molecule has 1 aromatic carbocycles. The van der Waals surface area contributed by atoms with Gasteiger partial charge in [0.1, 0.15) is 0 Å². The van der Waals surface area contributed by atoms with Gasteiger partial charge in [0, 0.05) is 25.8 Å². The molecule has 2 unspecified atom stereocenters. The summed E-state index contributed by atoms with van der Waals surface area (Å²) in [6.45, 7) is 0. The van der Waals surface area contributed by atoms with E-state index in [2.05, 4.69) is 10.6 Å². The number of hydrogen-bond acceptors (Lipinski definition) is 3. The van der Waals surface area contributed by atoms with Crippen molar-refractivity contribution < 1.29 is 9.53 Å². The maximum atomic E-state index is 11.7. The molecule has 0 heterocycles. The lowest BCUT2D eigenvalue weighted by Gasteiger charge is -2.29. The summed E-state index contributed by atoms with van der Waals surface area (Å²) in [7, 11) is 3.38. The van der Waals surface area contributed by atoms with Crippen LogP contribution in [0.5, 0.6) is 0 Å². The molecule has 0 bridgehead atoms. The van der Waals surface area contributed by atoms with E-state index in [9.17, 15) is 4.79 Å². The number of ether oxygens (including phenoxy) is 1. The molecule has 1 fully saturated rings. The summed E-state index contributed by atoms with van der Waals surface area (Å²) in [6, 6.07) is 5.62. The Bertz CT molecular complexity index is 479. The first kappa shape index (κ1) is 15.1. The zero-order valence-electron chi connectivity index (χ0n) is 11.9. The van der Waals surface area contributed by atoms with E-state index in [1.54, 1.807) is 32.4 Å². The third kappa shape index (κ3) is 3.64. The highest BCUT2D eigenvalue weighted by atomic mass is 35.5. The topological polar surface area (TPSA) is 50.4 Å². The molecule has 5 heteroatoms. The number of halogens is 1. The molecule has 110 valence electrons. The normalized spacial score (nSPS) is 22.4. The second kappa shape index (κ2) is 6.95. The van der Waals surface area contributed by atoms with Crippen molar-refractivity contribution in [2.24, 2.45) is 0 Å². The van der Waals surface area contributed by atoms with Gasteiger partial charge in [-0.15, -0.1) is 0 Å². The quantitative estimate of drug-likeness (QED) is 0.898. The standard InChI is InChI=1S/C15H21ClN2O2/c1-17-15(19)10-6-7-13(16)14(8-10)18-11-4-3-5-12(9-11)20-2/h6-8,11-12,18H,3-5,9H2,1-2H3,(H,17,19). The lowest BCUT2D eigenvalue weighted by molar-refractivity contribution is 0.0669. The van der Waals surface area contributed by atoms with Crippen molar-refractivity contribution in [2.75, 3.05) is 19.5 Å². The van der Waals surface area contributed by atoms with E-state index in [1.807, 2.05) is 0 Å². The summed E-state index contributed by atoms with van der Waals surface area (Å²) < 4.78 is 5.43. The zero-order chi connectivity index (χ0) is 14.5. The monoisotopic (exact) mass is 296 g/mol. The predicted octanol–water partition coefficient (Wildman–Crippen LogP) is 3.07. The van der Waals surface area contributed by atoms with Gasteiger partial charge in [-0.2, -0.15) is 0 Å². The van der Waals surface area contributed by atoms with E-state index in [1.165, 1.54) is 0 Å². The SMILES string of the molecule is CNC(=O)c1ccc(Cl)c(NC2CCCC(OC)C2)c1. The zero-order valence-corrected chi connectivity index (χ0v) is 12.7. The molecule has 0 aromatic heterocycles. The molecular weight excluding hydrogens is 276 g/mol. The average Bonchev–Trinajstić information content (AvgIpc) is 2.49. The smallest absolute Gasteiger partial charge is 0.251 e. The van der Waals surface area contributed by atoms with Crippen LogP contribution >= 0.6 is 11.6 Å². The second-order valence-electron chi connectivity index (χ2n) is 5.14. The fraction of sp³-hybridized carbons (Fsp3) is 0.533. The number of methoxy groups -OCH3 is 1. The number of hydrogen-bond donors (Lipinski definition) is 2. The van der Waals surface area contributed by atoms with Crippen molar-refractivity contribution in [1.29, 1.82) is 0 Å². The van der Waals surface area contributed by atoms with Crippen molar-refractivity contribution in [2.45, 2.75) is 37.8 Å². The Kier molecular flexibility index (Phi) is 5.26. The van der Waals surface area contributed by atoms with E-state index in [-0.39, 0.29) is 5.91 Å². The molecule has 2 atom stereocenters. The molecule has 1 saturated carbocycles. The van der Waals surface area contributed by atoms with Gasteiger partial charge in [0.15, 0.2) is 0 Å². The average molecular weight is 297 g/mol. The molecule has 1 aromatic rings. The summed E-state index contributed by atoms with van der Waals surface area (Å²) in [5, 5.41) is 6.70. The van der Waals surface area contributed by atoms with Crippen molar-refractivity contribution >= 4 is 23.2 Å². The number of carbonyl (C=O) groups excluding carboxylic acids is 1. The number of rotatable bonds is 4. The Labute approximate surface area is 124 Å². The molecule has 2 N–H and O–H groups in total. The molecule has 0 spiro atoms. The van der Waals surface area contributed by atoms with Gasteiger partial charge in [0.2, 0.25) is 0 Å². The number of amides is 1. The minimum absolute atomic E-state index is 0.108. The summed E-state index contributed by atoms with van der Waals surface area (Å²) in [5.74, 6) is -0.108. The van der Waals surface area contributed by atoms with Crippen LogP contribution in [0.4, 0.5) is 5.69 Å². The summed E-state index contributed by atoms with van der Waals surface area (Å²) in [4.78, 5) is 11.7. The Hall–Kier alpha value is -1.26. The van der Waals surface area contributed by atoms with Crippen molar-refractivity contribution in [3.8, 4) is 0 Å². The molecule has 1 aliphatic rings. The van der Waals surface area contributed by atoms with Crippen molar-refractivity contribution in [3.63, 3.8) is 0 Å². The van der Waals surface area contributed by atoms with Crippen LogP contribution in [0.3, 0.4) is 0 Å². The molecule has 1 amide bonds. The van der Waals surface area contributed by atoms with Gasteiger partial charge < -0.3 is 15.4 Å². The van der Waals surface area contributed by atoms with Crippen LogP contribution < -0.4 is 10.6 Å². The van der Waals surface area contributed by atoms with Crippen LogP contribution in [0, 0.1) is 0 Å². The van der Waals surface area contributed by atoms with Gasteiger partial charge in [-0.1, -0.05) is 11.6 Å². The second-order valence-corrected chi connectivity index (χ2v) is 5.55. The largest absolute Gasteiger partial charge is 0.381 e. The van der Waals surface area contributed by atoms with E-state index in [0.717, 1.165) is 31.4 Å². The molecule has 1 aliphatic carbocycles. The minimum atomic E-state index is -0.108. The van der Waals surface area contributed by atoms with Crippen molar-refractivity contribution in [3.05, 3.63) is 28.8 Å². The van der Waals surface area contributed by atoms with Gasteiger partial charge >= 0.3 is 0 Å². The van der Waals surface area contributed by atoms with Gasteiger partial charge in [-0.05, 0) is 43.9 Å². The Balaban J connectivity index is 2.10. The lowest BCUT2D eigenvalue weighted by Crippen LogP contribution is -2.31. The number of benzene rings is 1. The van der Waals surface area contributed by atoms with Crippen LogP contribution in [0.25, 0.3) is 0 Å². The highest BCUT2D eigenvalue weighted by molar-refractivity contribution is 6.33. The van der Waals surface area contributed by atoms with E-state index in [4.69, 9.17) is 16.3 Å². The van der Waals surface area contributed by atoms with Gasteiger partial charge in [-0.25, -0.2) is 0 Å². The maximum absolute atomic E-state index is 11.7. The van der Waals surface area contributed by atoms with Crippen LogP contribution in [0.2, 0.25) is 5.02 Å². The van der Waals surface area contributed by atoms with Crippen molar-refractivity contribution in [1.82, 2.24) is 5.32 Å². The lowest BCUT2D eigenvalue weighted by atomic mass is 9.92. The fourth-order valence-electron chi connectivity index (χ4n) is 2.63. The first-order chi connectivity index (χ1) is 9.63. The third-order valence-corrected chi connectivity index (χ3v) is 4.10. The predicted molar refractivity (Wildman–Crippen MR) is 81.5 cm³/mol. The van der Waals surface area contributed by atoms with E-state index < -0.39 is 0 Å². The summed E-state index contributed by atoms with van der Waals surface area (Å²) >= 11 is 6.21. The molecule has 20 heavy (non-hydrogen) atoms. The number of nitrogens with one attached hydrogen (secondary N) is 2. The van der Waals surface area contributed by atoms with E-state index in [0.29, 0.717) is 22.7 Å². The highest BCUT2D eigenvalue weighted by Gasteiger charge is 2.22. The van der Waals surface area contributed by atoms with Gasteiger partial charge in [-0.3, -0.25) is 4.79 Å². The molecular formula is C15H21ClN2O2. The van der Waals surface area contributed by atoms with Crippen LogP contribution in [0.1, 0.15) is 36.0 Å². The summed E-state index contributed by atoms with van der Waals surface area (Å²) in [6.07, 6.45) is 4.63. The minimum Gasteiger partial charge on any atom is -0.381 e. The Morgan fingerprint density at radius 1 is 1.40 bits per heavy atom. The summed E-state index contributed by atoms with van der Waals surface area (Å²) in [5.41, 5.74) is 1.42. The first-order valence-corrected chi connectivity index (χ1v) is 7.32. The van der Waals surface area contributed by atoms with Gasteiger partial charge in [0.25, 0.3) is 5.91 Å². The van der Waals surface area contributed by atoms with E-state index >= 15 is 0 Å². The maximum Gasteiger partial charge on any atom is 0.251 e.